The van der Waals surface area contributed by atoms with E-state index in [0.717, 1.165) is 18.2 Å². The van der Waals surface area contributed by atoms with Crippen molar-refractivity contribution in [1.82, 2.24) is 15.1 Å². The fourth-order valence-electron chi connectivity index (χ4n) is 2.77. The average Bonchev–Trinajstić information content (AvgIpc) is 2.48. The molecule has 96 valence electrons. The van der Waals surface area contributed by atoms with Gasteiger partial charge in [0.2, 0.25) is 0 Å². The molecule has 17 heavy (non-hydrogen) atoms. The van der Waals surface area contributed by atoms with Crippen LogP contribution in [0.2, 0.25) is 0 Å². The maximum Gasteiger partial charge on any atom is 0.0638 e. The number of aromatic nitrogens is 2. The second-order valence-electron chi connectivity index (χ2n) is 5.60. The number of nitrogens with zero attached hydrogens (tertiary/aromatic N) is 2. The molecule has 3 heteroatoms. The standard InChI is InChI=1S/C14H25N3/c1-11-5-4-6-14(8-7-11)15-9-13-10-17(3)16-12(13)2/h10-11,14-15H,4-9H2,1-3H3. The summed E-state index contributed by atoms with van der Waals surface area (Å²) >= 11 is 0. The Kier molecular flexibility index (Phi) is 4.21. The molecule has 0 aliphatic heterocycles. The van der Waals surface area contributed by atoms with Crippen LogP contribution in [0.4, 0.5) is 0 Å². The summed E-state index contributed by atoms with van der Waals surface area (Å²) in [5.41, 5.74) is 2.49. The maximum atomic E-state index is 4.38. The van der Waals surface area contributed by atoms with E-state index < -0.39 is 0 Å². The summed E-state index contributed by atoms with van der Waals surface area (Å²) in [7, 11) is 1.99. The van der Waals surface area contributed by atoms with Crippen LogP contribution in [-0.2, 0) is 13.6 Å². The molecule has 1 heterocycles. The number of aryl methyl sites for hydroxylation is 2. The van der Waals surface area contributed by atoms with Crippen LogP contribution < -0.4 is 5.32 Å². The Labute approximate surface area is 105 Å². The number of hydrogen-bond acceptors (Lipinski definition) is 2. The molecule has 2 unspecified atom stereocenters. The summed E-state index contributed by atoms with van der Waals surface area (Å²) < 4.78 is 1.90. The van der Waals surface area contributed by atoms with E-state index in [-0.39, 0.29) is 0 Å². The van der Waals surface area contributed by atoms with Crippen molar-refractivity contribution in [2.75, 3.05) is 0 Å². The van der Waals surface area contributed by atoms with E-state index in [9.17, 15) is 0 Å². The first-order valence-corrected chi connectivity index (χ1v) is 6.87. The van der Waals surface area contributed by atoms with Crippen molar-refractivity contribution in [3.63, 3.8) is 0 Å². The van der Waals surface area contributed by atoms with E-state index in [1.54, 1.807) is 0 Å². The van der Waals surface area contributed by atoms with Crippen LogP contribution in [0.5, 0.6) is 0 Å². The van der Waals surface area contributed by atoms with Crippen molar-refractivity contribution >= 4 is 0 Å². The SMILES string of the molecule is Cc1nn(C)cc1CNC1CCCC(C)CC1. The van der Waals surface area contributed by atoms with E-state index in [0.29, 0.717) is 6.04 Å². The molecule has 0 spiro atoms. The normalized spacial score (nSPS) is 25.8. The minimum atomic E-state index is 0.708. The third kappa shape index (κ3) is 3.56. The molecule has 0 aromatic carbocycles. The Hall–Kier alpha value is -0.830. The number of rotatable bonds is 3. The number of hydrogen-bond donors (Lipinski definition) is 1. The summed E-state index contributed by atoms with van der Waals surface area (Å²) in [6.07, 6.45) is 8.96. The predicted molar refractivity (Wildman–Crippen MR) is 70.8 cm³/mol. The first kappa shape index (κ1) is 12.6. The minimum Gasteiger partial charge on any atom is -0.310 e. The zero-order valence-electron chi connectivity index (χ0n) is 11.4. The summed E-state index contributed by atoms with van der Waals surface area (Å²) in [6.45, 7) is 5.44. The van der Waals surface area contributed by atoms with Gasteiger partial charge in [0, 0.05) is 31.4 Å². The first-order valence-electron chi connectivity index (χ1n) is 6.87. The van der Waals surface area contributed by atoms with E-state index in [1.165, 1.54) is 37.7 Å². The minimum absolute atomic E-state index is 0.708. The molecular formula is C14H25N3. The lowest BCUT2D eigenvalue weighted by Gasteiger charge is -2.15. The van der Waals surface area contributed by atoms with Gasteiger partial charge in [-0.2, -0.15) is 5.10 Å². The Morgan fingerprint density at radius 1 is 1.35 bits per heavy atom. The third-order valence-electron chi connectivity index (χ3n) is 3.95. The van der Waals surface area contributed by atoms with Crippen LogP contribution in [-0.4, -0.2) is 15.8 Å². The van der Waals surface area contributed by atoms with E-state index >= 15 is 0 Å². The lowest BCUT2D eigenvalue weighted by atomic mass is 10.0. The Bertz CT molecular complexity index is 356. The third-order valence-corrected chi connectivity index (χ3v) is 3.95. The molecule has 0 radical (unpaired) electrons. The van der Waals surface area contributed by atoms with Gasteiger partial charge in [-0.05, 0) is 32.1 Å². The maximum absolute atomic E-state index is 4.38. The molecule has 1 fully saturated rings. The summed E-state index contributed by atoms with van der Waals surface area (Å²) in [6, 6.07) is 0.708. The molecule has 1 aromatic heterocycles. The van der Waals surface area contributed by atoms with Crippen LogP contribution in [0, 0.1) is 12.8 Å². The molecule has 1 N–H and O–H groups in total. The highest BCUT2D eigenvalue weighted by Crippen LogP contribution is 2.22. The Morgan fingerprint density at radius 2 is 2.18 bits per heavy atom. The van der Waals surface area contributed by atoms with Gasteiger partial charge in [-0.1, -0.05) is 19.8 Å². The molecule has 0 amide bonds. The van der Waals surface area contributed by atoms with Crippen molar-refractivity contribution in [2.45, 2.75) is 58.5 Å². The van der Waals surface area contributed by atoms with Gasteiger partial charge < -0.3 is 5.32 Å². The lowest BCUT2D eigenvalue weighted by Crippen LogP contribution is -2.28. The van der Waals surface area contributed by atoms with Gasteiger partial charge in [-0.15, -0.1) is 0 Å². The average molecular weight is 235 g/mol. The highest BCUT2D eigenvalue weighted by Gasteiger charge is 2.16. The van der Waals surface area contributed by atoms with Crippen molar-refractivity contribution in [2.24, 2.45) is 13.0 Å². The van der Waals surface area contributed by atoms with E-state index in [1.807, 2.05) is 11.7 Å². The van der Waals surface area contributed by atoms with Gasteiger partial charge in [0.25, 0.3) is 0 Å². The van der Waals surface area contributed by atoms with Crippen LogP contribution in [0.3, 0.4) is 0 Å². The van der Waals surface area contributed by atoms with E-state index in [2.05, 4.69) is 30.5 Å². The highest BCUT2D eigenvalue weighted by molar-refractivity contribution is 5.14. The van der Waals surface area contributed by atoms with Crippen LogP contribution in [0.15, 0.2) is 6.20 Å². The van der Waals surface area contributed by atoms with Gasteiger partial charge in [-0.3, -0.25) is 4.68 Å². The molecule has 2 atom stereocenters. The van der Waals surface area contributed by atoms with Crippen molar-refractivity contribution < 1.29 is 0 Å². The Morgan fingerprint density at radius 3 is 2.88 bits per heavy atom. The van der Waals surface area contributed by atoms with Crippen molar-refractivity contribution in [1.29, 1.82) is 0 Å². The molecule has 0 saturated heterocycles. The smallest absolute Gasteiger partial charge is 0.0638 e. The molecule has 1 aromatic rings. The Balaban J connectivity index is 1.83. The first-order chi connectivity index (χ1) is 8.15. The fourth-order valence-corrected chi connectivity index (χ4v) is 2.77. The van der Waals surface area contributed by atoms with Gasteiger partial charge in [0.05, 0.1) is 5.69 Å². The van der Waals surface area contributed by atoms with Crippen molar-refractivity contribution in [3.05, 3.63) is 17.5 Å². The topological polar surface area (TPSA) is 29.9 Å². The van der Waals surface area contributed by atoms with Gasteiger partial charge in [0.15, 0.2) is 0 Å². The van der Waals surface area contributed by atoms with Crippen LogP contribution >= 0.6 is 0 Å². The summed E-state index contributed by atoms with van der Waals surface area (Å²) in [4.78, 5) is 0. The zero-order chi connectivity index (χ0) is 12.3. The molecule has 2 rings (SSSR count). The summed E-state index contributed by atoms with van der Waals surface area (Å²) in [5, 5.41) is 8.08. The molecular weight excluding hydrogens is 210 g/mol. The molecule has 1 aliphatic rings. The predicted octanol–water partition coefficient (Wildman–Crippen LogP) is 2.79. The van der Waals surface area contributed by atoms with Gasteiger partial charge >= 0.3 is 0 Å². The largest absolute Gasteiger partial charge is 0.310 e. The lowest BCUT2D eigenvalue weighted by molar-refractivity contribution is 0.447. The molecule has 3 nitrogen and oxygen atoms in total. The molecule has 1 aliphatic carbocycles. The van der Waals surface area contributed by atoms with Crippen molar-refractivity contribution in [3.8, 4) is 0 Å². The fraction of sp³-hybridized carbons (Fsp3) is 0.786. The second kappa shape index (κ2) is 5.67. The van der Waals surface area contributed by atoms with E-state index in [4.69, 9.17) is 0 Å². The number of nitrogens with one attached hydrogen (secondary N) is 1. The van der Waals surface area contributed by atoms with Crippen LogP contribution in [0.1, 0.15) is 50.3 Å². The summed E-state index contributed by atoms with van der Waals surface area (Å²) in [5.74, 6) is 0.918. The quantitative estimate of drug-likeness (QED) is 0.816. The zero-order valence-corrected chi connectivity index (χ0v) is 11.4. The van der Waals surface area contributed by atoms with Gasteiger partial charge in [-0.25, -0.2) is 0 Å². The second-order valence-corrected chi connectivity index (χ2v) is 5.60. The highest BCUT2D eigenvalue weighted by atomic mass is 15.2. The molecule has 1 saturated carbocycles. The molecule has 0 bridgehead atoms. The van der Waals surface area contributed by atoms with Gasteiger partial charge in [0.1, 0.15) is 0 Å². The van der Waals surface area contributed by atoms with Crippen LogP contribution in [0.25, 0.3) is 0 Å². The monoisotopic (exact) mass is 235 g/mol.